The maximum absolute atomic E-state index is 4.61. The summed E-state index contributed by atoms with van der Waals surface area (Å²) in [7, 11) is 0. The van der Waals surface area contributed by atoms with Crippen molar-refractivity contribution in [1.82, 2.24) is 9.78 Å². The summed E-state index contributed by atoms with van der Waals surface area (Å²) in [5.41, 5.74) is 1.34. The Hall–Kier alpha value is -0.990. The molecule has 84 valence electrons. The Balaban J connectivity index is 2.12. The van der Waals surface area contributed by atoms with Crippen LogP contribution >= 0.6 is 0 Å². The van der Waals surface area contributed by atoms with Crippen LogP contribution < -0.4 is 5.32 Å². The Morgan fingerprint density at radius 1 is 1.53 bits per heavy atom. The minimum atomic E-state index is 0.451. The van der Waals surface area contributed by atoms with Crippen LogP contribution in [0, 0.1) is 0 Å². The van der Waals surface area contributed by atoms with Crippen LogP contribution in [-0.4, -0.2) is 15.8 Å². The van der Waals surface area contributed by atoms with E-state index in [2.05, 4.69) is 42.1 Å². The number of hydrogen-bond acceptors (Lipinski definition) is 2. The smallest absolute Gasteiger partial charge is 0.151 e. The van der Waals surface area contributed by atoms with Gasteiger partial charge in [0, 0.05) is 23.8 Å². The van der Waals surface area contributed by atoms with E-state index >= 15 is 0 Å². The molecule has 0 unspecified atom stereocenters. The fourth-order valence-corrected chi connectivity index (χ4v) is 1.82. The van der Waals surface area contributed by atoms with Gasteiger partial charge in [-0.05, 0) is 39.5 Å². The number of rotatable bonds is 4. The molecule has 1 aromatic rings. The van der Waals surface area contributed by atoms with Crippen LogP contribution in [0.2, 0.25) is 0 Å². The van der Waals surface area contributed by atoms with Crippen molar-refractivity contribution in [3.8, 4) is 0 Å². The molecule has 0 radical (unpaired) electrons. The molecule has 15 heavy (non-hydrogen) atoms. The van der Waals surface area contributed by atoms with Crippen molar-refractivity contribution in [2.24, 2.45) is 0 Å². The van der Waals surface area contributed by atoms with E-state index in [9.17, 15) is 0 Å². The van der Waals surface area contributed by atoms with Crippen molar-refractivity contribution in [3.63, 3.8) is 0 Å². The lowest BCUT2D eigenvalue weighted by atomic mass is 9.93. The molecule has 2 rings (SSSR count). The molecule has 3 heteroatoms. The topological polar surface area (TPSA) is 29.9 Å². The van der Waals surface area contributed by atoms with E-state index in [1.165, 1.54) is 24.8 Å². The van der Waals surface area contributed by atoms with Crippen molar-refractivity contribution in [1.29, 1.82) is 0 Å². The minimum Gasteiger partial charge on any atom is -0.366 e. The summed E-state index contributed by atoms with van der Waals surface area (Å²) in [4.78, 5) is 0. The van der Waals surface area contributed by atoms with E-state index < -0.39 is 0 Å². The fraction of sp³-hybridized carbons (Fsp3) is 0.750. The van der Waals surface area contributed by atoms with Crippen LogP contribution in [0.1, 0.15) is 51.6 Å². The second-order valence-electron chi connectivity index (χ2n) is 4.70. The Kier molecular flexibility index (Phi) is 2.98. The van der Waals surface area contributed by atoms with Gasteiger partial charge in [-0.3, -0.25) is 4.68 Å². The van der Waals surface area contributed by atoms with Gasteiger partial charge in [-0.25, -0.2) is 0 Å². The van der Waals surface area contributed by atoms with E-state index in [4.69, 9.17) is 0 Å². The molecule has 1 aliphatic rings. The van der Waals surface area contributed by atoms with Crippen LogP contribution in [0.4, 0.5) is 5.82 Å². The molecule has 3 nitrogen and oxygen atoms in total. The summed E-state index contributed by atoms with van der Waals surface area (Å²) >= 11 is 0. The van der Waals surface area contributed by atoms with Crippen molar-refractivity contribution < 1.29 is 0 Å². The summed E-state index contributed by atoms with van der Waals surface area (Å²) in [6.07, 6.45) is 7.20. The number of anilines is 1. The number of aryl methyl sites for hydroxylation is 1. The van der Waals surface area contributed by atoms with Crippen molar-refractivity contribution in [2.45, 2.75) is 58.5 Å². The van der Waals surface area contributed by atoms with Crippen molar-refractivity contribution in [2.75, 3.05) is 5.32 Å². The predicted molar refractivity (Wildman–Crippen MR) is 63.3 cm³/mol. The molecule has 1 saturated carbocycles. The van der Waals surface area contributed by atoms with Gasteiger partial charge in [0.1, 0.15) is 0 Å². The summed E-state index contributed by atoms with van der Waals surface area (Å²) in [6, 6.07) is 1.12. The third kappa shape index (κ3) is 2.16. The lowest BCUT2D eigenvalue weighted by Gasteiger charge is -2.26. The van der Waals surface area contributed by atoms with Crippen LogP contribution in [0.15, 0.2) is 6.20 Å². The van der Waals surface area contributed by atoms with Gasteiger partial charge >= 0.3 is 0 Å². The zero-order valence-corrected chi connectivity index (χ0v) is 9.95. The van der Waals surface area contributed by atoms with Crippen molar-refractivity contribution in [3.05, 3.63) is 11.8 Å². The van der Waals surface area contributed by atoms with E-state index in [1.54, 1.807) is 0 Å². The standard InChI is InChI=1S/C12H21N3/c1-4-10-8-15(9(2)3)14-12(10)13-11-6-5-7-11/h8-9,11H,4-7H2,1-3H3,(H,13,14). The highest BCUT2D eigenvalue weighted by Gasteiger charge is 2.19. The number of nitrogens with one attached hydrogen (secondary N) is 1. The molecular formula is C12H21N3. The third-order valence-electron chi connectivity index (χ3n) is 3.16. The van der Waals surface area contributed by atoms with Crippen LogP contribution in [0.3, 0.4) is 0 Å². The van der Waals surface area contributed by atoms with Crippen LogP contribution in [0.25, 0.3) is 0 Å². The summed E-state index contributed by atoms with van der Waals surface area (Å²) in [6.45, 7) is 6.52. The predicted octanol–water partition coefficient (Wildman–Crippen LogP) is 2.99. The van der Waals surface area contributed by atoms with Gasteiger partial charge in [0.05, 0.1) is 0 Å². The second-order valence-corrected chi connectivity index (χ2v) is 4.70. The summed E-state index contributed by atoms with van der Waals surface area (Å²) in [5.74, 6) is 1.11. The Labute approximate surface area is 91.9 Å². The molecule has 0 aromatic carbocycles. The van der Waals surface area contributed by atoms with Gasteiger partial charge in [0.25, 0.3) is 0 Å². The average molecular weight is 207 g/mol. The largest absolute Gasteiger partial charge is 0.366 e. The molecule has 0 amide bonds. The normalized spacial score (nSPS) is 16.8. The molecule has 0 atom stereocenters. The molecule has 1 N–H and O–H groups in total. The van der Waals surface area contributed by atoms with Gasteiger partial charge in [-0.1, -0.05) is 6.92 Å². The Morgan fingerprint density at radius 3 is 2.73 bits per heavy atom. The molecule has 1 heterocycles. The van der Waals surface area contributed by atoms with E-state index in [0.29, 0.717) is 12.1 Å². The lowest BCUT2D eigenvalue weighted by molar-refractivity contribution is 0.442. The third-order valence-corrected chi connectivity index (χ3v) is 3.16. The lowest BCUT2D eigenvalue weighted by Crippen LogP contribution is -2.27. The number of aromatic nitrogens is 2. The molecule has 0 saturated heterocycles. The summed E-state index contributed by atoms with van der Waals surface area (Å²) in [5, 5.41) is 8.15. The minimum absolute atomic E-state index is 0.451. The monoisotopic (exact) mass is 207 g/mol. The average Bonchev–Trinajstić information content (AvgIpc) is 2.54. The van der Waals surface area contributed by atoms with Gasteiger partial charge in [0.15, 0.2) is 5.82 Å². The quantitative estimate of drug-likeness (QED) is 0.822. The summed E-state index contributed by atoms with van der Waals surface area (Å²) < 4.78 is 2.06. The maximum Gasteiger partial charge on any atom is 0.151 e. The molecule has 1 fully saturated rings. The highest BCUT2D eigenvalue weighted by molar-refractivity contribution is 5.44. The second kappa shape index (κ2) is 4.25. The maximum atomic E-state index is 4.61. The zero-order valence-electron chi connectivity index (χ0n) is 9.95. The van der Waals surface area contributed by atoms with Gasteiger partial charge < -0.3 is 5.32 Å². The van der Waals surface area contributed by atoms with E-state index in [1.807, 2.05) is 0 Å². The van der Waals surface area contributed by atoms with Crippen LogP contribution in [0.5, 0.6) is 0 Å². The number of nitrogens with zero attached hydrogens (tertiary/aromatic N) is 2. The first-order chi connectivity index (χ1) is 7.20. The molecule has 0 aliphatic heterocycles. The Bertz CT molecular complexity index is 324. The first kappa shape index (κ1) is 10.5. The molecule has 1 aromatic heterocycles. The van der Waals surface area contributed by atoms with Gasteiger partial charge in [-0.15, -0.1) is 0 Å². The highest BCUT2D eigenvalue weighted by Crippen LogP contribution is 2.25. The van der Waals surface area contributed by atoms with Crippen molar-refractivity contribution >= 4 is 5.82 Å². The number of hydrogen-bond donors (Lipinski definition) is 1. The first-order valence-corrected chi connectivity index (χ1v) is 6.05. The van der Waals surface area contributed by atoms with Gasteiger partial charge in [-0.2, -0.15) is 5.10 Å². The van der Waals surface area contributed by atoms with E-state index in [-0.39, 0.29) is 0 Å². The molecule has 0 bridgehead atoms. The molecule has 1 aliphatic carbocycles. The Morgan fingerprint density at radius 2 is 2.27 bits per heavy atom. The highest BCUT2D eigenvalue weighted by atomic mass is 15.3. The van der Waals surface area contributed by atoms with Gasteiger partial charge in [0.2, 0.25) is 0 Å². The first-order valence-electron chi connectivity index (χ1n) is 6.05. The molecular weight excluding hydrogens is 186 g/mol. The molecule has 0 spiro atoms. The van der Waals surface area contributed by atoms with Crippen LogP contribution in [-0.2, 0) is 6.42 Å². The SMILES string of the molecule is CCc1cn(C(C)C)nc1NC1CCC1. The fourth-order valence-electron chi connectivity index (χ4n) is 1.82. The van der Waals surface area contributed by atoms with E-state index in [0.717, 1.165) is 12.2 Å². The zero-order chi connectivity index (χ0) is 10.8.